The Labute approximate surface area is 232 Å². The molecule has 0 radical (unpaired) electrons. The summed E-state index contributed by atoms with van der Waals surface area (Å²) in [4.78, 5) is 20.5. The van der Waals surface area contributed by atoms with Crippen LogP contribution in [0.5, 0.6) is 5.75 Å². The highest BCUT2D eigenvalue weighted by Crippen LogP contribution is 2.29. The third kappa shape index (κ3) is 8.97. The number of aliphatic carboxylic acids is 1. The molecule has 0 unspecified atom stereocenters. The van der Waals surface area contributed by atoms with E-state index in [9.17, 15) is 23.1 Å². The molecule has 0 heterocycles. The SMILES string of the molecule is Cc1cc(CCCC(=NCCc2ccccc2)N=C(N)c2ccc(C(F)(F)F)cc2)ccc1OC(C)(C)C(=O)O. The van der Waals surface area contributed by atoms with Crippen molar-refractivity contribution in [3.63, 3.8) is 0 Å². The van der Waals surface area contributed by atoms with Gasteiger partial charge < -0.3 is 15.6 Å². The van der Waals surface area contributed by atoms with Crippen molar-refractivity contribution in [1.29, 1.82) is 0 Å². The molecule has 9 heteroatoms. The molecule has 212 valence electrons. The summed E-state index contributed by atoms with van der Waals surface area (Å²) in [6.07, 6.45) is -1.79. The second-order valence-corrected chi connectivity index (χ2v) is 9.98. The summed E-state index contributed by atoms with van der Waals surface area (Å²) < 4.78 is 44.5. The number of rotatable bonds is 11. The van der Waals surface area contributed by atoms with Gasteiger partial charge in [-0.1, -0.05) is 54.6 Å². The van der Waals surface area contributed by atoms with Crippen LogP contribution < -0.4 is 10.5 Å². The van der Waals surface area contributed by atoms with Gasteiger partial charge in [0.2, 0.25) is 0 Å². The second kappa shape index (κ2) is 13.3. The number of aliphatic imine (C=N–C) groups is 2. The first kappa shape index (κ1) is 30.4. The Morgan fingerprint density at radius 2 is 1.62 bits per heavy atom. The highest BCUT2D eigenvalue weighted by molar-refractivity contribution is 6.05. The van der Waals surface area contributed by atoms with E-state index >= 15 is 0 Å². The van der Waals surface area contributed by atoms with Crippen molar-refractivity contribution in [3.05, 3.63) is 101 Å². The number of carboxylic acids is 1. The van der Waals surface area contributed by atoms with Gasteiger partial charge in [0.05, 0.1) is 5.56 Å². The Kier molecular flexibility index (Phi) is 10.1. The van der Waals surface area contributed by atoms with Gasteiger partial charge in [0.25, 0.3) is 0 Å². The number of benzene rings is 3. The summed E-state index contributed by atoms with van der Waals surface area (Å²) in [7, 11) is 0. The van der Waals surface area contributed by atoms with Gasteiger partial charge in [0, 0.05) is 18.5 Å². The van der Waals surface area contributed by atoms with Crippen molar-refractivity contribution in [2.75, 3.05) is 6.54 Å². The van der Waals surface area contributed by atoms with Crippen LogP contribution >= 0.6 is 0 Å². The maximum absolute atomic E-state index is 12.9. The number of halogens is 3. The van der Waals surface area contributed by atoms with Crippen LogP contribution in [0.2, 0.25) is 0 Å². The lowest BCUT2D eigenvalue weighted by Gasteiger charge is -2.23. The van der Waals surface area contributed by atoms with E-state index in [-0.39, 0.29) is 5.84 Å². The van der Waals surface area contributed by atoms with Crippen LogP contribution in [0.1, 0.15) is 54.5 Å². The average Bonchev–Trinajstić information content (AvgIpc) is 2.90. The minimum Gasteiger partial charge on any atom is -0.478 e. The minimum atomic E-state index is -4.43. The van der Waals surface area contributed by atoms with Gasteiger partial charge >= 0.3 is 12.1 Å². The molecule has 0 saturated heterocycles. The Morgan fingerprint density at radius 3 is 2.23 bits per heavy atom. The number of hydrogen-bond acceptors (Lipinski definition) is 3. The number of ether oxygens (including phenoxy) is 1. The molecule has 3 rings (SSSR count). The lowest BCUT2D eigenvalue weighted by molar-refractivity contribution is -0.152. The normalized spacial score (nSPS) is 12.8. The Balaban J connectivity index is 1.71. The molecule has 0 aromatic heterocycles. The van der Waals surface area contributed by atoms with E-state index in [4.69, 9.17) is 10.5 Å². The molecule has 0 aliphatic heterocycles. The number of hydrogen-bond donors (Lipinski definition) is 2. The Morgan fingerprint density at radius 1 is 0.950 bits per heavy atom. The lowest BCUT2D eigenvalue weighted by atomic mass is 10.0. The fraction of sp³-hybridized carbons (Fsp3) is 0.323. The van der Waals surface area contributed by atoms with E-state index in [0.717, 1.165) is 28.8 Å². The minimum absolute atomic E-state index is 0.102. The fourth-order valence-electron chi connectivity index (χ4n) is 3.91. The number of aryl methyl sites for hydroxylation is 2. The van der Waals surface area contributed by atoms with Gasteiger partial charge in [0.15, 0.2) is 5.60 Å². The Bertz CT molecular complexity index is 1350. The summed E-state index contributed by atoms with van der Waals surface area (Å²) >= 11 is 0. The standard InChI is InChI=1S/C31H34F3N3O3/c1-21-20-23(12-17-26(21)40-30(2,3)29(38)39)10-7-11-27(36-19-18-22-8-5-4-6-9-22)37-28(35)24-13-15-25(16-14-24)31(32,33)34/h4-6,8-9,12-17,20H,7,10-11,18-19H2,1-3H3,(H,38,39)(H2,35,36,37). The van der Waals surface area contributed by atoms with Gasteiger partial charge in [-0.25, -0.2) is 9.79 Å². The molecule has 0 spiro atoms. The molecule has 40 heavy (non-hydrogen) atoms. The maximum Gasteiger partial charge on any atom is 0.416 e. The fourth-order valence-corrected chi connectivity index (χ4v) is 3.91. The first-order valence-corrected chi connectivity index (χ1v) is 13.0. The lowest BCUT2D eigenvalue weighted by Crippen LogP contribution is -2.38. The van der Waals surface area contributed by atoms with Gasteiger partial charge in [-0.05, 0) is 74.9 Å². The Hall–Kier alpha value is -4.14. The third-order valence-corrected chi connectivity index (χ3v) is 6.28. The number of nitrogens with zero attached hydrogens (tertiary/aromatic N) is 2. The number of carbonyl (C=O) groups is 1. The van der Waals surface area contributed by atoms with Gasteiger partial charge in [-0.15, -0.1) is 0 Å². The summed E-state index contributed by atoms with van der Waals surface area (Å²) in [5.41, 5.74) is 7.46. The van der Waals surface area contributed by atoms with E-state index in [1.54, 1.807) is 6.07 Å². The van der Waals surface area contributed by atoms with Crippen molar-refractivity contribution >= 4 is 17.6 Å². The van der Waals surface area contributed by atoms with E-state index in [1.807, 2.05) is 49.4 Å². The van der Waals surface area contributed by atoms with Crippen LogP contribution in [0.3, 0.4) is 0 Å². The molecular weight excluding hydrogens is 519 g/mol. The molecule has 0 fully saturated rings. The maximum atomic E-state index is 12.9. The summed E-state index contributed by atoms with van der Waals surface area (Å²) in [5, 5.41) is 9.32. The molecule has 0 atom stereocenters. The molecule has 6 nitrogen and oxygen atoms in total. The van der Waals surface area contributed by atoms with Crippen LogP contribution in [0.15, 0.2) is 82.8 Å². The van der Waals surface area contributed by atoms with Gasteiger partial charge in [-0.2, -0.15) is 13.2 Å². The third-order valence-electron chi connectivity index (χ3n) is 6.28. The zero-order valence-electron chi connectivity index (χ0n) is 22.8. The monoisotopic (exact) mass is 553 g/mol. The van der Waals surface area contributed by atoms with E-state index in [2.05, 4.69) is 9.98 Å². The number of alkyl halides is 3. The topological polar surface area (TPSA) is 97.3 Å². The van der Waals surface area contributed by atoms with Crippen molar-refractivity contribution < 1.29 is 27.8 Å². The van der Waals surface area contributed by atoms with E-state index < -0.39 is 23.3 Å². The van der Waals surface area contributed by atoms with Gasteiger partial charge in [-0.3, -0.25) is 4.99 Å². The van der Waals surface area contributed by atoms with Crippen molar-refractivity contribution in [3.8, 4) is 5.75 Å². The number of amidine groups is 2. The van der Waals surface area contributed by atoms with Crippen LogP contribution in [0, 0.1) is 6.92 Å². The van der Waals surface area contributed by atoms with E-state index in [0.29, 0.717) is 49.4 Å². The molecule has 0 bridgehead atoms. The highest BCUT2D eigenvalue weighted by Gasteiger charge is 2.30. The van der Waals surface area contributed by atoms with Crippen molar-refractivity contribution in [1.82, 2.24) is 0 Å². The smallest absolute Gasteiger partial charge is 0.416 e. The molecule has 3 aromatic carbocycles. The number of carboxylic acid groups (broad SMARTS) is 1. The summed E-state index contributed by atoms with van der Waals surface area (Å²) in [6.45, 7) is 5.35. The van der Waals surface area contributed by atoms with E-state index in [1.165, 1.54) is 26.0 Å². The van der Waals surface area contributed by atoms with Crippen LogP contribution in [-0.2, 0) is 23.8 Å². The molecule has 0 saturated carbocycles. The molecule has 3 N–H and O–H groups in total. The molecule has 0 amide bonds. The first-order chi connectivity index (χ1) is 18.8. The predicted octanol–water partition coefficient (Wildman–Crippen LogP) is 6.63. The van der Waals surface area contributed by atoms with Crippen molar-refractivity contribution in [2.24, 2.45) is 15.7 Å². The largest absolute Gasteiger partial charge is 0.478 e. The summed E-state index contributed by atoms with van der Waals surface area (Å²) in [6, 6.07) is 20.1. The predicted molar refractivity (Wildman–Crippen MR) is 151 cm³/mol. The zero-order valence-corrected chi connectivity index (χ0v) is 22.8. The molecule has 0 aliphatic carbocycles. The average molecular weight is 554 g/mol. The van der Waals surface area contributed by atoms with Crippen LogP contribution in [-0.4, -0.2) is 34.9 Å². The first-order valence-electron chi connectivity index (χ1n) is 13.0. The molecule has 3 aromatic rings. The van der Waals surface area contributed by atoms with Gasteiger partial charge in [0.1, 0.15) is 17.4 Å². The van der Waals surface area contributed by atoms with Crippen molar-refractivity contribution in [2.45, 2.75) is 58.2 Å². The zero-order chi connectivity index (χ0) is 29.3. The van der Waals surface area contributed by atoms with Crippen LogP contribution in [0.25, 0.3) is 0 Å². The quantitative estimate of drug-likeness (QED) is 0.206. The molecular formula is C31H34F3N3O3. The molecule has 0 aliphatic rings. The second-order valence-electron chi connectivity index (χ2n) is 9.98. The highest BCUT2D eigenvalue weighted by atomic mass is 19.4. The summed E-state index contributed by atoms with van der Waals surface area (Å²) in [5.74, 6) is 0.0817. The number of nitrogens with two attached hydrogens (primary N) is 1. The van der Waals surface area contributed by atoms with Crippen LogP contribution in [0.4, 0.5) is 13.2 Å².